The molecule has 39 heavy (non-hydrogen) atoms. The van der Waals surface area contributed by atoms with Crippen LogP contribution in [0.15, 0.2) is 0 Å². The minimum atomic E-state index is -0.250. The normalized spacial score (nSPS) is 46.1. The Labute approximate surface area is 237 Å². The van der Waals surface area contributed by atoms with Crippen molar-refractivity contribution in [3.05, 3.63) is 0 Å². The number of aliphatic hydroxyl groups is 3. The minimum Gasteiger partial charge on any atom is -0.449 e. The molecule has 5 rings (SSSR count). The van der Waals surface area contributed by atoms with Crippen molar-refractivity contribution in [1.29, 1.82) is 0 Å². The molecule has 5 fully saturated rings. The van der Waals surface area contributed by atoms with E-state index in [1.807, 2.05) is 4.90 Å². The molecular formula is C33H57NO5. The lowest BCUT2D eigenvalue weighted by Crippen LogP contribution is -2.62. The summed E-state index contributed by atoms with van der Waals surface area (Å²) >= 11 is 0. The number of carbonyl (C=O) groups excluding carboxylic acids is 1. The summed E-state index contributed by atoms with van der Waals surface area (Å²) in [6.07, 6.45) is 10.7. The highest BCUT2D eigenvalue weighted by molar-refractivity contribution is 5.67. The van der Waals surface area contributed by atoms with E-state index in [0.29, 0.717) is 61.1 Å². The highest BCUT2D eigenvalue weighted by atomic mass is 16.6. The van der Waals surface area contributed by atoms with E-state index in [-0.39, 0.29) is 41.2 Å². The van der Waals surface area contributed by atoms with Crippen LogP contribution in [0.3, 0.4) is 0 Å². The Balaban J connectivity index is 1.21. The topological polar surface area (TPSA) is 90.2 Å². The molecule has 1 heterocycles. The van der Waals surface area contributed by atoms with Gasteiger partial charge in [0, 0.05) is 19.7 Å². The number of likely N-dealkylation sites (tertiary alicyclic amines) is 1. The predicted octanol–water partition coefficient (Wildman–Crippen LogP) is 5.87. The van der Waals surface area contributed by atoms with Gasteiger partial charge in [0.05, 0.1) is 18.8 Å². The fraction of sp³-hybridized carbons (Fsp3) is 0.970. The standard InChI is InChI=1S/C33H57NO5/c1-6-23-27-19-22(36)9-12-33(27,5)26-10-13-32(4)24(7-8-25(32)28(26)29(23)37)21(2)11-18-39-30(38)34-16-14-31(3,20-35)15-17-34/h21-29,35-37H,6-20H2,1-5H3/t21-,22-,23-,24-,25+,26+,27+,28+,29-,32-,33-/m1/s1. The first-order valence-corrected chi connectivity index (χ1v) is 16.4. The summed E-state index contributed by atoms with van der Waals surface area (Å²) in [5, 5.41) is 32.0. The predicted molar refractivity (Wildman–Crippen MR) is 153 cm³/mol. The van der Waals surface area contributed by atoms with Crippen LogP contribution in [0.5, 0.6) is 0 Å². The van der Waals surface area contributed by atoms with Crippen LogP contribution in [0.1, 0.15) is 105 Å². The summed E-state index contributed by atoms with van der Waals surface area (Å²) in [6, 6.07) is 0. The van der Waals surface area contributed by atoms with E-state index in [1.54, 1.807) is 0 Å². The zero-order valence-corrected chi connectivity index (χ0v) is 25.4. The molecule has 3 N–H and O–H groups in total. The molecule has 224 valence electrons. The van der Waals surface area contributed by atoms with E-state index in [1.165, 1.54) is 25.7 Å². The van der Waals surface area contributed by atoms with Gasteiger partial charge in [-0.25, -0.2) is 4.79 Å². The Kier molecular flexibility index (Phi) is 8.43. The third kappa shape index (κ3) is 5.07. The van der Waals surface area contributed by atoms with Crippen LogP contribution in [-0.4, -0.2) is 64.8 Å². The van der Waals surface area contributed by atoms with Gasteiger partial charge in [-0.1, -0.05) is 41.0 Å². The highest BCUT2D eigenvalue weighted by Crippen LogP contribution is 2.69. The molecule has 4 aliphatic carbocycles. The molecular weight excluding hydrogens is 490 g/mol. The van der Waals surface area contributed by atoms with Crippen molar-refractivity contribution >= 4 is 6.09 Å². The van der Waals surface area contributed by atoms with Crippen molar-refractivity contribution in [3.8, 4) is 0 Å². The lowest BCUT2D eigenvalue weighted by Gasteiger charge is -2.64. The van der Waals surface area contributed by atoms with Gasteiger partial charge in [-0.05, 0) is 122 Å². The maximum Gasteiger partial charge on any atom is 0.409 e. The Morgan fingerprint density at radius 2 is 1.62 bits per heavy atom. The lowest BCUT2D eigenvalue weighted by molar-refractivity contribution is -0.203. The first kappa shape index (κ1) is 29.6. The molecule has 0 spiro atoms. The molecule has 11 atom stereocenters. The Bertz CT molecular complexity index is 872. The monoisotopic (exact) mass is 547 g/mol. The van der Waals surface area contributed by atoms with Gasteiger partial charge in [-0.3, -0.25) is 0 Å². The molecule has 1 amide bonds. The molecule has 0 unspecified atom stereocenters. The van der Waals surface area contributed by atoms with Crippen LogP contribution in [0.25, 0.3) is 0 Å². The number of amides is 1. The van der Waals surface area contributed by atoms with Crippen LogP contribution in [-0.2, 0) is 4.74 Å². The number of nitrogens with zero attached hydrogens (tertiary/aromatic N) is 1. The zero-order chi connectivity index (χ0) is 28.2. The molecule has 0 bridgehead atoms. The minimum absolute atomic E-state index is 0.0710. The largest absolute Gasteiger partial charge is 0.449 e. The maximum absolute atomic E-state index is 12.7. The van der Waals surface area contributed by atoms with Crippen molar-refractivity contribution in [1.82, 2.24) is 4.90 Å². The number of piperidine rings is 1. The van der Waals surface area contributed by atoms with Gasteiger partial charge >= 0.3 is 6.09 Å². The molecule has 4 saturated carbocycles. The van der Waals surface area contributed by atoms with E-state index in [0.717, 1.165) is 44.9 Å². The van der Waals surface area contributed by atoms with Gasteiger partial charge in [0.15, 0.2) is 0 Å². The molecule has 0 radical (unpaired) electrons. The number of ether oxygens (including phenoxy) is 1. The molecule has 6 nitrogen and oxygen atoms in total. The molecule has 0 aromatic rings. The van der Waals surface area contributed by atoms with Crippen molar-refractivity contribution in [2.45, 2.75) is 117 Å². The van der Waals surface area contributed by atoms with Crippen LogP contribution < -0.4 is 0 Å². The smallest absolute Gasteiger partial charge is 0.409 e. The van der Waals surface area contributed by atoms with Gasteiger partial charge in [-0.2, -0.15) is 0 Å². The Hall–Kier alpha value is -0.850. The van der Waals surface area contributed by atoms with Crippen molar-refractivity contribution in [3.63, 3.8) is 0 Å². The van der Waals surface area contributed by atoms with Gasteiger partial charge in [0.2, 0.25) is 0 Å². The number of hydrogen-bond acceptors (Lipinski definition) is 5. The van der Waals surface area contributed by atoms with Gasteiger partial charge in [0.25, 0.3) is 0 Å². The molecule has 0 aromatic carbocycles. The fourth-order valence-electron chi connectivity index (χ4n) is 10.9. The van der Waals surface area contributed by atoms with Gasteiger partial charge in [-0.15, -0.1) is 0 Å². The second kappa shape index (κ2) is 11.1. The molecule has 5 aliphatic rings. The van der Waals surface area contributed by atoms with Crippen LogP contribution in [0, 0.1) is 57.7 Å². The maximum atomic E-state index is 12.7. The highest BCUT2D eigenvalue weighted by Gasteiger charge is 2.64. The van der Waals surface area contributed by atoms with Crippen LogP contribution in [0.4, 0.5) is 4.79 Å². The quantitative estimate of drug-likeness (QED) is 0.387. The number of carbonyl (C=O) groups is 1. The van der Waals surface area contributed by atoms with E-state index >= 15 is 0 Å². The average molecular weight is 548 g/mol. The second-order valence-electron chi connectivity index (χ2n) is 15.5. The summed E-state index contributed by atoms with van der Waals surface area (Å²) in [5.74, 6) is 3.34. The molecule has 1 aliphatic heterocycles. The first-order valence-electron chi connectivity index (χ1n) is 16.4. The molecule has 6 heteroatoms. The van der Waals surface area contributed by atoms with E-state index < -0.39 is 0 Å². The van der Waals surface area contributed by atoms with Crippen LogP contribution >= 0.6 is 0 Å². The summed E-state index contributed by atoms with van der Waals surface area (Å²) in [6.45, 7) is 13.7. The van der Waals surface area contributed by atoms with Crippen LogP contribution in [0.2, 0.25) is 0 Å². The Morgan fingerprint density at radius 1 is 0.949 bits per heavy atom. The van der Waals surface area contributed by atoms with Crippen molar-refractivity contribution in [2.24, 2.45) is 57.7 Å². The summed E-state index contributed by atoms with van der Waals surface area (Å²) in [4.78, 5) is 14.5. The summed E-state index contributed by atoms with van der Waals surface area (Å²) in [7, 11) is 0. The number of rotatable bonds is 6. The van der Waals surface area contributed by atoms with Gasteiger partial charge < -0.3 is 25.0 Å². The third-order valence-electron chi connectivity index (χ3n) is 13.6. The summed E-state index contributed by atoms with van der Waals surface area (Å²) < 4.78 is 5.76. The summed E-state index contributed by atoms with van der Waals surface area (Å²) in [5.41, 5.74) is 0.410. The Morgan fingerprint density at radius 3 is 2.28 bits per heavy atom. The van der Waals surface area contributed by atoms with Crippen molar-refractivity contribution in [2.75, 3.05) is 26.3 Å². The average Bonchev–Trinajstić information content (AvgIpc) is 3.27. The molecule has 0 aromatic heterocycles. The fourth-order valence-corrected chi connectivity index (χ4v) is 10.9. The third-order valence-corrected chi connectivity index (χ3v) is 13.6. The molecule has 1 saturated heterocycles. The van der Waals surface area contributed by atoms with E-state index in [4.69, 9.17) is 4.74 Å². The van der Waals surface area contributed by atoms with E-state index in [2.05, 4.69) is 34.6 Å². The second-order valence-corrected chi connectivity index (χ2v) is 15.5. The first-order chi connectivity index (χ1) is 18.5. The zero-order valence-electron chi connectivity index (χ0n) is 25.4. The van der Waals surface area contributed by atoms with Gasteiger partial charge in [0.1, 0.15) is 0 Å². The number of hydrogen-bond donors (Lipinski definition) is 3. The van der Waals surface area contributed by atoms with E-state index in [9.17, 15) is 20.1 Å². The lowest BCUT2D eigenvalue weighted by atomic mass is 9.41. The number of fused-ring (bicyclic) bond motifs is 5. The SMILES string of the molecule is CC[C@H]1[C@@H](O)[C@@H]2[C@H](CC[C@]3(C)[C@@H]([C@H](C)CCOC(=O)N4CCC(C)(CO)CC4)CC[C@@H]23)[C@@]2(C)CC[C@@H](O)C[C@@H]12. The number of aliphatic hydroxyl groups excluding tert-OH is 3. The van der Waals surface area contributed by atoms with Crippen molar-refractivity contribution < 1.29 is 24.9 Å².